The van der Waals surface area contributed by atoms with E-state index in [2.05, 4.69) is 11.9 Å². The van der Waals surface area contributed by atoms with Gasteiger partial charge in [-0.15, -0.1) is 6.58 Å². The molecule has 6 nitrogen and oxygen atoms in total. The highest BCUT2D eigenvalue weighted by Gasteiger charge is 2.31. The summed E-state index contributed by atoms with van der Waals surface area (Å²) in [6, 6.07) is 12.1. The van der Waals surface area contributed by atoms with Crippen molar-refractivity contribution in [1.82, 2.24) is 4.90 Å². The van der Waals surface area contributed by atoms with E-state index < -0.39 is 0 Å². The molecule has 3 rings (SSSR count). The molecule has 0 bridgehead atoms. The van der Waals surface area contributed by atoms with Gasteiger partial charge in [0.05, 0.1) is 22.7 Å². The summed E-state index contributed by atoms with van der Waals surface area (Å²) in [7, 11) is 1.50. The number of carbonyl (C=O) groups excluding carboxylic acids is 2. The van der Waals surface area contributed by atoms with Crippen LogP contribution in [0.25, 0.3) is 6.08 Å². The van der Waals surface area contributed by atoms with E-state index >= 15 is 0 Å². The number of halogens is 1. The van der Waals surface area contributed by atoms with Gasteiger partial charge in [-0.2, -0.15) is 0 Å². The Morgan fingerprint density at radius 2 is 2.06 bits per heavy atom. The van der Waals surface area contributed by atoms with E-state index in [1.807, 2.05) is 0 Å². The van der Waals surface area contributed by atoms with E-state index in [0.717, 1.165) is 5.56 Å². The van der Waals surface area contributed by atoms with E-state index in [4.69, 9.17) is 33.3 Å². The number of hydrogen-bond acceptors (Lipinski definition) is 6. The molecule has 1 aliphatic rings. The van der Waals surface area contributed by atoms with Crippen LogP contribution in [0.2, 0.25) is 5.02 Å². The first-order valence-corrected chi connectivity index (χ1v) is 10.7. The lowest BCUT2D eigenvalue weighted by Gasteiger charge is -2.12. The second-order valence-electron chi connectivity index (χ2n) is 6.31. The van der Waals surface area contributed by atoms with E-state index in [0.29, 0.717) is 38.0 Å². The zero-order valence-electron chi connectivity index (χ0n) is 16.6. The number of nitrogens with zero attached hydrogens (tertiary/aromatic N) is 1. The van der Waals surface area contributed by atoms with Crippen molar-refractivity contribution < 1.29 is 19.1 Å². The van der Waals surface area contributed by atoms with Crippen LogP contribution in [0.5, 0.6) is 11.5 Å². The molecule has 31 heavy (non-hydrogen) atoms. The van der Waals surface area contributed by atoms with Crippen molar-refractivity contribution in [3.8, 4) is 11.5 Å². The van der Waals surface area contributed by atoms with Crippen LogP contribution in [0.1, 0.15) is 5.56 Å². The van der Waals surface area contributed by atoms with Gasteiger partial charge >= 0.3 is 0 Å². The number of anilines is 1. The third kappa shape index (κ3) is 5.66. The van der Waals surface area contributed by atoms with Crippen molar-refractivity contribution in [3.63, 3.8) is 0 Å². The van der Waals surface area contributed by atoms with E-state index in [9.17, 15) is 9.59 Å². The molecule has 0 radical (unpaired) electrons. The molecule has 0 aromatic heterocycles. The third-order valence-corrected chi connectivity index (χ3v) is 5.88. The SMILES string of the molecule is C=CCN1C(=O)/C(=C/c2ccc(OCC(=O)Nc3ccccc3Cl)c(OC)c2)SC1=S. The maximum Gasteiger partial charge on any atom is 0.266 e. The van der Waals surface area contributed by atoms with Gasteiger partial charge in [0.2, 0.25) is 0 Å². The Kier molecular flexibility index (Phi) is 7.73. The van der Waals surface area contributed by atoms with Crippen molar-refractivity contribution in [3.05, 3.63) is 70.6 Å². The quantitative estimate of drug-likeness (QED) is 0.338. The molecule has 1 N–H and O–H groups in total. The van der Waals surface area contributed by atoms with Crippen LogP contribution in [-0.2, 0) is 9.59 Å². The zero-order valence-corrected chi connectivity index (χ0v) is 19.0. The van der Waals surface area contributed by atoms with Crippen LogP contribution < -0.4 is 14.8 Å². The number of amides is 2. The Hall–Kier alpha value is -2.81. The van der Waals surface area contributed by atoms with Gasteiger partial charge in [-0.05, 0) is 35.9 Å². The molecular formula is C22H19ClN2O4S2. The molecule has 2 amide bonds. The minimum Gasteiger partial charge on any atom is -0.493 e. The number of para-hydroxylation sites is 1. The fraction of sp³-hybridized carbons (Fsp3) is 0.136. The average molecular weight is 475 g/mol. The highest BCUT2D eigenvalue weighted by Crippen LogP contribution is 2.34. The van der Waals surface area contributed by atoms with Crippen molar-refractivity contribution in [2.24, 2.45) is 0 Å². The van der Waals surface area contributed by atoms with Crippen LogP contribution >= 0.6 is 35.6 Å². The van der Waals surface area contributed by atoms with Crippen LogP contribution in [0.15, 0.2) is 60.0 Å². The molecule has 160 valence electrons. The molecule has 0 atom stereocenters. The first-order valence-electron chi connectivity index (χ1n) is 9.14. The van der Waals surface area contributed by atoms with Crippen LogP contribution in [0.4, 0.5) is 5.69 Å². The van der Waals surface area contributed by atoms with Crippen molar-refractivity contribution in [1.29, 1.82) is 0 Å². The summed E-state index contributed by atoms with van der Waals surface area (Å²) >= 11 is 12.5. The number of thiocarbonyl (C=S) groups is 1. The minimum atomic E-state index is -0.356. The second-order valence-corrected chi connectivity index (χ2v) is 8.39. The maximum atomic E-state index is 12.5. The minimum absolute atomic E-state index is 0.162. The Morgan fingerprint density at radius 1 is 1.29 bits per heavy atom. The summed E-state index contributed by atoms with van der Waals surface area (Å²) in [4.78, 5) is 26.7. The third-order valence-electron chi connectivity index (χ3n) is 4.18. The van der Waals surface area contributed by atoms with E-state index in [1.54, 1.807) is 54.6 Å². The molecule has 0 spiro atoms. The molecule has 0 aliphatic carbocycles. The highest BCUT2D eigenvalue weighted by molar-refractivity contribution is 8.26. The van der Waals surface area contributed by atoms with Crippen LogP contribution in [-0.4, -0.2) is 41.3 Å². The van der Waals surface area contributed by atoms with Gasteiger partial charge in [0, 0.05) is 6.54 Å². The number of rotatable bonds is 8. The van der Waals surface area contributed by atoms with Gasteiger partial charge in [-0.3, -0.25) is 14.5 Å². The molecule has 0 unspecified atom stereocenters. The maximum absolute atomic E-state index is 12.5. The van der Waals surface area contributed by atoms with Crippen molar-refractivity contribution in [2.75, 3.05) is 25.6 Å². The predicted molar refractivity (Wildman–Crippen MR) is 129 cm³/mol. The molecule has 1 saturated heterocycles. The number of nitrogens with one attached hydrogen (secondary N) is 1. The largest absolute Gasteiger partial charge is 0.493 e. The molecular weight excluding hydrogens is 456 g/mol. The topological polar surface area (TPSA) is 67.9 Å². The molecule has 1 heterocycles. The van der Waals surface area contributed by atoms with Gasteiger partial charge in [0.1, 0.15) is 4.32 Å². The van der Waals surface area contributed by atoms with Gasteiger partial charge in [-0.25, -0.2) is 0 Å². The fourth-order valence-corrected chi connectivity index (χ4v) is 4.18. The van der Waals surface area contributed by atoms with Gasteiger partial charge in [0.25, 0.3) is 11.8 Å². The first kappa shape index (κ1) is 22.9. The van der Waals surface area contributed by atoms with Gasteiger partial charge in [0.15, 0.2) is 18.1 Å². The summed E-state index contributed by atoms with van der Waals surface area (Å²) in [5, 5.41) is 3.13. The monoisotopic (exact) mass is 474 g/mol. The molecule has 2 aromatic rings. The molecule has 1 fully saturated rings. The lowest BCUT2D eigenvalue weighted by Crippen LogP contribution is -2.27. The summed E-state index contributed by atoms with van der Waals surface area (Å²) in [6.45, 7) is 3.79. The first-order chi connectivity index (χ1) is 14.9. The molecule has 1 aliphatic heterocycles. The highest BCUT2D eigenvalue weighted by atomic mass is 35.5. The predicted octanol–water partition coefficient (Wildman–Crippen LogP) is 4.75. The summed E-state index contributed by atoms with van der Waals surface area (Å²) in [5.74, 6) is 0.310. The number of methoxy groups -OCH3 is 1. The summed E-state index contributed by atoms with van der Waals surface area (Å²) in [5.41, 5.74) is 1.25. The molecule has 2 aromatic carbocycles. The summed E-state index contributed by atoms with van der Waals surface area (Å²) < 4.78 is 11.5. The van der Waals surface area contributed by atoms with E-state index in [1.165, 1.54) is 23.8 Å². The number of hydrogen-bond donors (Lipinski definition) is 1. The Balaban J connectivity index is 1.68. The average Bonchev–Trinajstić information content (AvgIpc) is 3.02. The fourth-order valence-electron chi connectivity index (χ4n) is 2.72. The lowest BCUT2D eigenvalue weighted by molar-refractivity contribution is -0.121. The number of thioether (sulfide) groups is 1. The van der Waals surface area contributed by atoms with E-state index in [-0.39, 0.29) is 18.4 Å². The van der Waals surface area contributed by atoms with Crippen molar-refractivity contribution in [2.45, 2.75) is 0 Å². The van der Waals surface area contributed by atoms with Gasteiger partial charge < -0.3 is 14.8 Å². The zero-order chi connectivity index (χ0) is 22.4. The standard InChI is InChI=1S/C22H19ClN2O4S2/c1-3-10-25-21(27)19(31-22(25)30)12-14-8-9-17(18(11-14)28-2)29-13-20(26)24-16-7-5-4-6-15(16)23/h3-9,11-12H,1,10,13H2,2H3,(H,24,26)/b19-12-. The number of carbonyl (C=O) groups is 2. The normalized spacial score (nSPS) is 14.6. The van der Waals surface area contributed by atoms with Crippen LogP contribution in [0, 0.1) is 0 Å². The molecule has 0 saturated carbocycles. The summed E-state index contributed by atoms with van der Waals surface area (Å²) in [6.07, 6.45) is 3.36. The van der Waals surface area contributed by atoms with Crippen LogP contribution in [0.3, 0.4) is 0 Å². The van der Waals surface area contributed by atoms with Crippen molar-refractivity contribution >= 4 is 63.5 Å². The Bertz CT molecular complexity index is 1070. The number of ether oxygens (including phenoxy) is 2. The Morgan fingerprint density at radius 3 is 2.77 bits per heavy atom. The molecule has 9 heteroatoms. The second kappa shape index (κ2) is 10.5. The number of benzene rings is 2. The smallest absolute Gasteiger partial charge is 0.266 e. The van der Waals surface area contributed by atoms with Gasteiger partial charge in [-0.1, -0.05) is 59.9 Å². The lowest BCUT2D eigenvalue weighted by atomic mass is 10.2. The Labute approximate surface area is 194 Å².